The predicted molar refractivity (Wildman–Crippen MR) is 132 cm³/mol. The van der Waals surface area contributed by atoms with E-state index in [0.717, 1.165) is 11.1 Å². The lowest BCUT2D eigenvalue weighted by Gasteiger charge is -2.24. The zero-order valence-electron chi connectivity index (χ0n) is 19.1. The normalized spacial score (nSPS) is 11.8. The maximum absolute atomic E-state index is 12.8. The van der Waals surface area contributed by atoms with E-state index in [-0.39, 0.29) is 12.0 Å². The lowest BCUT2D eigenvalue weighted by Crippen LogP contribution is -2.24. The number of nitrogens with zero attached hydrogens (tertiary/aromatic N) is 4. The Kier molecular flexibility index (Phi) is 7.46. The molecule has 9 heteroatoms. The third-order valence-electron chi connectivity index (χ3n) is 4.97. The number of benzene rings is 2. The maximum atomic E-state index is 12.8. The summed E-state index contributed by atoms with van der Waals surface area (Å²) in [5, 5.41) is 12.1. The molecule has 2 aromatic heterocycles. The van der Waals surface area contributed by atoms with Crippen molar-refractivity contribution in [2.75, 3.05) is 33.1 Å². The number of carbonyl (C=O) groups is 1. The molecule has 0 aliphatic heterocycles. The Morgan fingerprint density at radius 3 is 2.50 bits per heavy atom. The summed E-state index contributed by atoms with van der Waals surface area (Å²) in [5.41, 5.74) is 2.37. The van der Waals surface area contributed by atoms with Crippen LogP contribution in [0, 0.1) is 0 Å². The first-order valence-electron chi connectivity index (χ1n) is 10.6. The summed E-state index contributed by atoms with van der Waals surface area (Å²) in [6.45, 7) is 0.687. The summed E-state index contributed by atoms with van der Waals surface area (Å²) < 4.78 is 11.9. The standard InChI is InChI=1S/C25H25N5O3S/c1-30(2)16-22(17-7-5-4-6-8-17)33-20-10-9-19(15-21(20)32-3)23(31)27-25-29-28-24(34-25)18-11-13-26-14-12-18/h4-15,22H,16H2,1-3H3,(H,27,29,31)/t22-/m1/s1. The second kappa shape index (κ2) is 10.9. The van der Waals surface area contributed by atoms with Crippen LogP contribution in [0.1, 0.15) is 22.0 Å². The highest BCUT2D eigenvalue weighted by molar-refractivity contribution is 7.18. The van der Waals surface area contributed by atoms with E-state index < -0.39 is 0 Å². The van der Waals surface area contributed by atoms with Crippen molar-refractivity contribution in [1.82, 2.24) is 20.1 Å². The first-order chi connectivity index (χ1) is 16.5. The number of ether oxygens (including phenoxy) is 2. The number of anilines is 1. The van der Waals surface area contributed by atoms with Gasteiger partial charge in [0.1, 0.15) is 11.1 Å². The van der Waals surface area contributed by atoms with Gasteiger partial charge in [0, 0.05) is 30.1 Å². The fourth-order valence-electron chi connectivity index (χ4n) is 3.32. The van der Waals surface area contributed by atoms with Gasteiger partial charge in [-0.2, -0.15) is 0 Å². The summed E-state index contributed by atoms with van der Waals surface area (Å²) in [4.78, 5) is 18.9. The Balaban J connectivity index is 1.50. The molecule has 0 bridgehead atoms. The van der Waals surface area contributed by atoms with Gasteiger partial charge in [-0.3, -0.25) is 15.1 Å². The Morgan fingerprint density at radius 1 is 1.03 bits per heavy atom. The summed E-state index contributed by atoms with van der Waals surface area (Å²) in [5.74, 6) is 0.725. The highest BCUT2D eigenvalue weighted by Crippen LogP contribution is 2.33. The fraction of sp³-hybridized carbons (Fsp3) is 0.200. The van der Waals surface area contributed by atoms with Gasteiger partial charge in [0.2, 0.25) is 5.13 Å². The number of amides is 1. The van der Waals surface area contributed by atoms with E-state index in [1.54, 1.807) is 37.7 Å². The van der Waals surface area contributed by atoms with Crippen LogP contribution in [0.5, 0.6) is 11.5 Å². The van der Waals surface area contributed by atoms with Crippen LogP contribution < -0.4 is 14.8 Å². The average Bonchev–Trinajstić information content (AvgIpc) is 3.33. The Labute approximate surface area is 202 Å². The molecular formula is C25H25N5O3S. The molecule has 2 aromatic carbocycles. The first-order valence-corrected chi connectivity index (χ1v) is 11.4. The molecule has 174 valence electrons. The monoisotopic (exact) mass is 475 g/mol. The third-order valence-corrected chi connectivity index (χ3v) is 5.86. The zero-order chi connectivity index (χ0) is 23.9. The molecule has 0 radical (unpaired) electrons. The smallest absolute Gasteiger partial charge is 0.257 e. The lowest BCUT2D eigenvalue weighted by atomic mass is 10.1. The molecule has 1 N–H and O–H groups in total. The van der Waals surface area contributed by atoms with E-state index >= 15 is 0 Å². The van der Waals surface area contributed by atoms with Crippen LogP contribution in [-0.4, -0.2) is 53.7 Å². The van der Waals surface area contributed by atoms with Crippen molar-refractivity contribution in [1.29, 1.82) is 0 Å². The largest absolute Gasteiger partial charge is 0.493 e. The molecule has 1 atom stereocenters. The van der Waals surface area contributed by atoms with Gasteiger partial charge < -0.3 is 14.4 Å². The van der Waals surface area contributed by atoms with Crippen LogP contribution >= 0.6 is 11.3 Å². The highest BCUT2D eigenvalue weighted by Gasteiger charge is 2.19. The number of methoxy groups -OCH3 is 1. The summed E-state index contributed by atoms with van der Waals surface area (Å²) in [7, 11) is 5.55. The Bertz CT molecular complexity index is 1230. The van der Waals surface area contributed by atoms with E-state index in [0.29, 0.717) is 33.7 Å². The van der Waals surface area contributed by atoms with Crippen LogP contribution in [0.4, 0.5) is 5.13 Å². The molecule has 0 saturated heterocycles. The first kappa shape index (κ1) is 23.3. The van der Waals surface area contributed by atoms with Crippen molar-refractivity contribution < 1.29 is 14.3 Å². The topological polar surface area (TPSA) is 89.5 Å². The van der Waals surface area contributed by atoms with Crippen molar-refractivity contribution in [2.45, 2.75) is 6.10 Å². The third kappa shape index (κ3) is 5.75. The molecule has 4 rings (SSSR count). The Morgan fingerprint density at radius 2 is 1.79 bits per heavy atom. The van der Waals surface area contributed by atoms with E-state index in [1.807, 2.05) is 56.6 Å². The number of rotatable bonds is 9. The minimum atomic E-state index is -0.310. The van der Waals surface area contributed by atoms with E-state index in [9.17, 15) is 4.79 Å². The quantitative estimate of drug-likeness (QED) is 0.380. The van der Waals surface area contributed by atoms with Crippen LogP contribution in [0.25, 0.3) is 10.6 Å². The van der Waals surface area contributed by atoms with Crippen molar-refractivity contribution in [3.63, 3.8) is 0 Å². The zero-order valence-corrected chi connectivity index (χ0v) is 20.0. The average molecular weight is 476 g/mol. The van der Waals surface area contributed by atoms with Gasteiger partial charge in [0.05, 0.1) is 7.11 Å². The number of hydrogen-bond donors (Lipinski definition) is 1. The molecule has 2 heterocycles. The van der Waals surface area contributed by atoms with Gasteiger partial charge in [-0.25, -0.2) is 0 Å². The van der Waals surface area contributed by atoms with E-state index in [2.05, 4.69) is 25.4 Å². The SMILES string of the molecule is COc1cc(C(=O)Nc2nnc(-c3ccncc3)s2)ccc1O[C@H](CN(C)C)c1ccccc1. The van der Waals surface area contributed by atoms with E-state index in [1.165, 1.54) is 11.3 Å². The Hall–Kier alpha value is -3.82. The van der Waals surface area contributed by atoms with E-state index in [4.69, 9.17) is 9.47 Å². The number of pyridine rings is 1. The second-order valence-corrected chi connectivity index (χ2v) is 8.72. The van der Waals surface area contributed by atoms with Crippen LogP contribution in [-0.2, 0) is 0 Å². The molecule has 0 saturated carbocycles. The summed E-state index contributed by atoms with van der Waals surface area (Å²) in [6.07, 6.45) is 3.18. The van der Waals surface area contributed by atoms with Gasteiger partial charge in [-0.05, 0) is 50.0 Å². The molecule has 0 spiro atoms. The molecule has 4 aromatic rings. The van der Waals surface area contributed by atoms with Gasteiger partial charge in [-0.1, -0.05) is 41.7 Å². The molecular weight excluding hydrogens is 450 g/mol. The molecule has 34 heavy (non-hydrogen) atoms. The van der Waals surface area contributed by atoms with Crippen molar-refractivity contribution in [3.8, 4) is 22.1 Å². The van der Waals surface area contributed by atoms with Crippen molar-refractivity contribution >= 4 is 22.4 Å². The molecule has 8 nitrogen and oxygen atoms in total. The second-order valence-electron chi connectivity index (χ2n) is 7.75. The highest BCUT2D eigenvalue weighted by atomic mass is 32.1. The number of carbonyl (C=O) groups excluding carboxylic acids is 1. The molecule has 0 aliphatic rings. The number of hydrogen-bond acceptors (Lipinski definition) is 8. The molecule has 0 fully saturated rings. The minimum Gasteiger partial charge on any atom is -0.493 e. The molecule has 1 amide bonds. The summed E-state index contributed by atoms with van der Waals surface area (Å²) >= 11 is 1.29. The van der Waals surface area contributed by atoms with Gasteiger partial charge in [0.15, 0.2) is 11.5 Å². The van der Waals surface area contributed by atoms with Crippen LogP contribution in [0.3, 0.4) is 0 Å². The van der Waals surface area contributed by atoms with Gasteiger partial charge >= 0.3 is 0 Å². The number of aromatic nitrogens is 3. The minimum absolute atomic E-state index is 0.197. The number of likely N-dealkylation sites (N-methyl/N-ethyl adjacent to an activating group) is 1. The summed E-state index contributed by atoms with van der Waals surface area (Å²) in [6, 6.07) is 18.8. The van der Waals surface area contributed by atoms with Crippen LogP contribution in [0.15, 0.2) is 73.1 Å². The van der Waals surface area contributed by atoms with Crippen LogP contribution in [0.2, 0.25) is 0 Å². The molecule has 0 aliphatic carbocycles. The maximum Gasteiger partial charge on any atom is 0.257 e. The fourth-order valence-corrected chi connectivity index (χ4v) is 4.07. The van der Waals surface area contributed by atoms with Gasteiger partial charge in [0.25, 0.3) is 5.91 Å². The number of nitrogens with one attached hydrogen (secondary N) is 1. The van der Waals surface area contributed by atoms with Crippen molar-refractivity contribution in [2.24, 2.45) is 0 Å². The van der Waals surface area contributed by atoms with Gasteiger partial charge in [-0.15, -0.1) is 10.2 Å². The lowest BCUT2D eigenvalue weighted by molar-refractivity contribution is 0.102. The predicted octanol–water partition coefficient (Wildman–Crippen LogP) is 4.54. The van der Waals surface area contributed by atoms with Crippen molar-refractivity contribution in [3.05, 3.63) is 84.2 Å². The molecule has 0 unspecified atom stereocenters.